The predicted molar refractivity (Wildman–Crippen MR) is 134 cm³/mol. The molecule has 2 aromatic carbocycles. The van der Waals surface area contributed by atoms with Crippen molar-refractivity contribution in [3.63, 3.8) is 0 Å². The fraction of sp³-hybridized carbons (Fsp3) is 0.370. The fourth-order valence-electron chi connectivity index (χ4n) is 4.02. The summed E-state index contributed by atoms with van der Waals surface area (Å²) >= 11 is 0. The summed E-state index contributed by atoms with van der Waals surface area (Å²) in [4.78, 5) is 24.2. The second-order valence-electron chi connectivity index (χ2n) is 9.16. The van der Waals surface area contributed by atoms with Gasteiger partial charge in [0.15, 0.2) is 0 Å². The zero-order valence-corrected chi connectivity index (χ0v) is 20.3. The molecule has 1 aromatic heterocycles. The Balaban J connectivity index is 1.43. The Morgan fingerprint density at radius 1 is 1.14 bits per heavy atom. The number of anilines is 1. The van der Waals surface area contributed by atoms with E-state index in [1.54, 1.807) is 4.68 Å². The highest BCUT2D eigenvalue weighted by atomic mass is 16.6. The van der Waals surface area contributed by atoms with Gasteiger partial charge in [-0.05, 0) is 37.3 Å². The molecule has 2 unspecified atom stereocenters. The first kappa shape index (κ1) is 24.5. The average Bonchev–Trinajstić information content (AvgIpc) is 3.63. The molecule has 8 nitrogen and oxygen atoms in total. The molecule has 0 bridgehead atoms. The van der Waals surface area contributed by atoms with Crippen molar-refractivity contribution in [3.05, 3.63) is 71.4 Å². The summed E-state index contributed by atoms with van der Waals surface area (Å²) in [7, 11) is 1.83. The van der Waals surface area contributed by atoms with Crippen molar-refractivity contribution in [2.75, 3.05) is 5.32 Å². The van der Waals surface area contributed by atoms with Crippen LogP contribution in [0.2, 0.25) is 0 Å². The second-order valence-corrected chi connectivity index (χ2v) is 9.16. The number of aromatic nitrogens is 2. The van der Waals surface area contributed by atoms with E-state index in [9.17, 15) is 14.7 Å². The van der Waals surface area contributed by atoms with Gasteiger partial charge >= 0.3 is 12.1 Å². The molecule has 0 aliphatic heterocycles. The van der Waals surface area contributed by atoms with Gasteiger partial charge in [-0.2, -0.15) is 5.10 Å². The van der Waals surface area contributed by atoms with E-state index in [1.165, 1.54) is 0 Å². The van der Waals surface area contributed by atoms with Gasteiger partial charge in [0.05, 0.1) is 11.4 Å². The highest BCUT2D eigenvalue weighted by Crippen LogP contribution is 2.34. The molecule has 1 heterocycles. The van der Waals surface area contributed by atoms with Crippen molar-refractivity contribution in [2.45, 2.75) is 51.8 Å². The lowest BCUT2D eigenvalue weighted by atomic mass is 10.1. The number of aryl methyl sites for hydroxylation is 1. The van der Waals surface area contributed by atoms with Crippen LogP contribution in [0.1, 0.15) is 49.1 Å². The number of hydrogen-bond donors (Lipinski definition) is 3. The number of ether oxygens (including phenoxy) is 1. The maximum Gasteiger partial charge on any atom is 0.412 e. The van der Waals surface area contributed by atoms with Crippen LogP contribution in [0, 0.1) is 12.8 Å². The van der Waals surface area contributed by atoms with Crippen LogP contribution in [0.15, 0.2) is 54.6 Å². The van der Waals surface area contributed by atoms with E-state index >= 15 is 0 Å². The molecule has 1 amide bonds. The lowest BCUT2D eigenvalue weighted by Crippen LogP contribution is -2.36. The van der Waals surface area contributed by atoms with Crippen LogP contribution in [-0.2, 0) is 23.1 Å². The first-order valence-corrected chi connectivity index (χ1v) is 11.9. The molecule has 0 saturated heterocycles. The summed E-state index contributed by atoms with van der Waals surface area (Å²) in [5.41, 5.74) is 4.78. The standard InChI is InChI=1S/C27H32N4O4/c1-17-24(29-27(34)35-18(2)21-7-5-4-6-8-21)25(30-31(17)3)22-13-11-20(12-14-22)16-28-23(26(32)33)15-19-9-10-19/h4-8,11-14,18-19,23,28H,9-10,15-16H2,1-3H3,(H,29,34)(H,32,33). The minimum absolute atomic E-state index is 0.391. The van der Waals surface area contributed by atoms with E-state index in [0.717, 1.165) is 35.2 Å². The van der Waals surface area contributed by atoms with Crippen molar-refractivity contribution in [2.24, 2.45) is 13.0 Å². The number of benzene rings is 2. The zero-order chi connectivity index (χ0) is 24.9. The van der Waals surface area contributed by atoms with E-state index in [2.05, 4.69) is 15.7 Å². The summed E-state index contributed by atoms with van der Waals surface area (Å²) in [6.07, 6.45) is 1.99. The summed E-state index contributed by atoms with van der Waals surface area (Å²) in [5, 5.41) is 20.1. The highest BCUT2D eigenvalue weighted by molar-refractivity contribution is 5.91. The SMILES string of the molecule is Cc1c(NC(=O)OC(C)c2ccccc2)c(-c2ccc(CNC(CC3CC3)C(=O)O)cc2)nn1C. The van der Waals surface area contributed by atoms with E-state index in [4.69, 9.17) is 4.74 Å². The molecule has 0 radical (unpaired) electrons. The van der Waals surface area contributed by atoms with Gasteiger partial charge < -0.3 is 15.2 Å². The zero-order valence-electron chi connectivity index (χ0n) is 20.3. The third-order valence-electron chi connectivity index (χ3n) is 6.46. The number of nitrogens with one attached hydrogen (secondary N) is 2. The van der Waals surface area contributed by atoms with Crippen molar-refractivity contribution in [1.29, 1.82) is 0 Å². The first-order valence-electron chi connectivity index (χ1n) is 11.9. The molecule has 1 fully saturated rings. The van der Waals surface area contributed by atoms with Crippen LogP contribution < -0.4 is 10.6 Å². The van der Waals surface area contributed by atoms with Crippen LogP contribution in [-0.4, -0.2) is 33.0 Å². The maximum atomic E-state index is 12.7. The van der Waals surface area contributed by atoms with Gasteiger partial charge in [-0.15, -0.1) is 0 Å². The Hall–Kier alpha value is -3.65. The normalized spacial score (nSPS) is 14.8. The van der Waals surface area contributed by atoms with Crippen LogP contribution in [0.5, 0.6) is 0 Å². The number of carboxylic acids is 1. The Labute approximate surface area is 205 Å². The maximum absolute atomic E-state index is 12.7. The van der Waals surface area contributed by atoms with Crippen molar-refractivity contribution in [1.82, 2.24) is 15.1 Å². The van der Waals surface area contributed by atoms with E-state index in [1.807, 2.05) is 75.5 Å². The van der Waals surface area contributed by atoms with Crippen molar-refractivity contribution >= 4 is 17.7 Å². The topological polar surface area (TPSA) is 105 Å². The molecule has 3 aromatic rings. The summed E-state index contributed by atoms with van der Waals surface area (Å²) in [5.74, 6) is -0.270. The Kier molecular flexibility index (Phi) is 7.51. The molecule has 1 saturated carbocycles. The number of carbonyl (C=O) groups excluding carboxylic acids is 1. The fourth-order valence-corrected chi connectivity index (χ4v) is 4.02. The number of rotatable bonds is 10. The number of nitrogens with zero attached hydrogens (tertiary/aromatic N) is 2. The molecule has 2 atom stereocenters. The minimum Gasteiger partial charge on any atom is -0.480 e. The number of amides is 1. The Morgan fingerprint density at radius 2 is 1.83 bits per heavy atom. The quantitative estimate of drug-likeness (QED) is 0.378. The van der Waals surface area contributed by atoms with Crippen molar-refractivity contribution in [3.8, 4) is 11.3 Å². The molecule has 4 rings (SSSR count). The average molecular weight is 477 g/mol. The molecule has 35 heavy (non-hydrogen) atoms. The molecule has 1 aliphatic rings. The smallest absolute Gasteiger partial charge is 0.412 e. The van der Waals surface area contributed by atoms with Crippen LogP contribution >= 0.6 is 0 Å². The predicted octanol–water partition coefficient (Wildman–Crippen LogP) is 5.05. The van der Waals surface area contributed by atoms with Crippen LogP contribution in [0.25, 0.3) is 11.3 Å². The third kappa shape index (κ3) is 6.27. The number of carboxylic acid groups (broad SMARTS) is 1. The third-order valence-corrected chi connectivity index (χ3v) is 6.46. The number of carbonyl (C=O) groups is 2. The van der Waals surface area contributed by atoms with E-state index < -0.39 is 24.2 Å². The number of hydrogen-bond acceptors (Lipinski definition) is 5. The van der Waals surface area contributed by atoms with E-state index in [0.29, 0.717) is 30.3 Å². The van der Waals surface area contributed by atoms with Gasteiger partial charge in [0, 0.05) is 19.2 Å². The monoisotopic (exact) mass is 476 g/mol. The number of aliphatic carboxylic acids is 1. The molecule has 0 spiro atoms. The van der Waals surface area contributed by atoms with Gasteiger partial charge in [0.25, 0.3) is 0 Å². The second kappa shape index (κ2) is 10.7. The van der Waals surface area contributed by atoms with Crippen LogP contribution in [0.3, 0.4) is 0 Å². The van der Waals surface area contributed by atoms with Crippen LogP contribution in [0.4, 0.5) is 10.5 Å². The Morgan fingerprint density at radius 3 is 2.46 bits per heavy atom. The van der Waals surface area contributed by atoms with Crippen molar-refractivity contribution < 1.29 is 19.4 Å². The molecule has 3 N–H and O–H groups in total. The largest absolute Gasteiger partial charge is 0.480 e. The molecule has 8 heteroatoms. The molecule has 184 valence electrons. The van der Waals surface area contributed by atoms with E-state index in [-0.39, 0.29) is 0 Å². The summed E-state index contributed by atoms with van der Waals surface area (Å²) < 4.78 is 7.30. The lowest BCUT2D eigenvalue weighted by Gasteiger charge is -2.15. The van der Waals surface area contributed by atoms with Gasteiger partial charge in [-0.25, -0.2) is 4.79 Å². The Bertz CT molecular complexity index is 1170. The minimum atomic E-state index is -0.804. The molecular weight excluding hydrogens is 444 g/mol. The van der Waals surface area contributed by atoms with Gasteiger partial charge in [0.2, 0.25) is 0 Å². The highest BCUT2D eigenvalue weighted by Gasteiger charge is 2.28. The molecule has 1 aliphatic carbocycles. The molecular formula is C27H32N4O4. The van der Waals surface area contributed by atoms with Gasteiger partial charge in [-0.1, -0.05) is 67.4 Å². The first-order chi connectivity index (χ1) is 16.8. The van der Waals surface area contributed by atoms with Gasteiger partial charge in [-0.3, -0.25) is 14.8 Å². The van der Waals surface area contributed by atoms with Gasteiger partial charge in [0.1, 0.15) is 17.8 Å². The summed E-state index contributed by atoms with van der Waals surface area (Å²) in [6.45, 7) is 4.19. The lowest BCUT2D eigenvalue weighted by molar-refractivity contribution is -0.139. The summed E-state index contributed by atoms with van der Waals surface area (Å²) in [6, 6.07) is 16.8.